The number of alkyl halides is 3. The lowest BCUT2D eigenvalue weighted by molar-refractivity contribution is -0.137. The summed E-state index contributed by atoms with van der Waals surface area (Å²) in [5.41, 5.74) is -0.225. The number of benzene rings is 3. The summed E-state index contributed by atoms with van der Waals surface area (Å²) in [6.45, 7) is 0. The van der Waals surface area contributed by atoms with Crippen LogP contribution < -0.4 is 0 Å². The Kier molecular flexibility index (Phi) is 6.45. The Morgan fingerprint density at radius 1 is 0.773 bits per heavy atom. The summed E-state index contributed by atoms with van der Waals surface area (Å²) in [6, 6.07) is 16.2. The molecule has 0 aliphatic heterocycles. The van der Waals surface area contributed by atoms with E-state index in [-0.39, 0.29) is 28.7 Å². The molecule has 0 fully saturated rings. The van der Waals surface area contributed by atoms with Gasteiger partial charge < -0.3 is 0 Å². The summed E-state index contributed by atoms with van der Waals surface area (Å²) in [5.74, 6) is -11.7. The second kappa shape index (κ2) is 9.97. The quantitative estimate of drug-likeness (QED) is 0.128. The molecular formula is C33H13F7N4. The van der Waals surface area contributed by atoms with Gasteiger partial charge in [0.1, 0.15) is 23.6 Å². The summed E-state index contributed by atoms with van der Waals surface area (Å²) in [7, 11) is 0. The van der Waals surface area contributed by atoms with Crippen LogP contribution in [0.25, 0.3) is 22.3 Å². The van der Waals surface area contributed by atoms with E-state index in [9.17, 15) is 43.0 Å². The van der Waals surface area contributed by atoms with Gasteiger partial charge >= 0.3 is 6.18 Å². The van der Waals surface area contributed by atoms with Crippen molar-refractivity contribution < 1.29 is 30.7 Å². The molecule has 4 nitrogen and oxygen atoms in total. The van der Waals surface area contributed by atoms with Crippen LogP contribution in [0.3, 0.4) is 0 Å². The Morgan fingerprint density at radius 2 is 1.41 bits per heavy atom. The van der Waals surface area contributed by atoms with Crippen molar-refractivity contribution in [1.82, 2.24) is 0 Å². The first-order valence-electron chi connectivity index (χ1n) is 12.9. The third-order valence-electron chi connectivity index (χ3n) is 8.30. The topological polar surface area (TPSA) is 95.2 Å². The highest BCUT2D eigenvalue weighted by Gasteiger charge is 2.49. The van der Waals surface area contributed by atoms with E-state index in [1.54, 1.807) is 30.3 Å². The van der Waals surface area contributed by atoms with E-state index in [2.05, 4.69) is 0 Å². The van der Waals surface area contributed by atoms with Gasteiger partial charge in [0, 0.05) is 28.5 Å². The first kappa shape index (κ1) is 28.5. The third-order valence-corrected chi connectivity index (χ3v) is 8.30. The van der Waals surface area contributed by atoms with Crippen molar-refractivity contribution in [3.63, 3.8) is 0 Å². The summed E-state index contributed by atoms with van der Waals surface area (Å²) < 4.78 is 99.6. The SMILES string of the molecule is N#CC(C#N)=C1C2=C(C=C3C(C2)c2c(F)c(F)c(F)c(F)c2C3C(C#N)C#N)c2ccc(-c3cccc(C(F)(F)F)c3)cc21. The predicted molar refractivity (Wildman–Crippen MR) is 141 cm³/mol. The van der Waals surface area contributed by atoms with Gasteiger partial charge in [-0.05, 0) is 58.0 Å². The van der Waals surface area contributed by atoms with Gasteiger partial charge in [-0.15, -0.1) is 0 Å². The molecule has 0 aromatic heterocycles. The van der Waals surface area contributed by atoms with Crippen LogP contribution in [0.1, 0.15) is 46.1 Å². The fourth-order valence-corrected chi connectivity index (χ4v) is 6.48. The smallest absolute Gasteiger partial charge is 0.203 e. The molecule has 0 bridgehead atoms. The minimum atomic E-state index is -4.61. The number of hydrogen-bond donors (Lipinski definition) is 0. The number of hydrogen-bond acceptors (Lipinski definition) is 4. The van der Waals surface area contributed by atoms with E-state index < -0.39 is 63.9 Å². The van der Waals surface area contributed by atoms with E-state index in [4.69, 9.17) is 0 Å². The van der Waals surface area contributed by atoms with Crippen molar-refractivity contribution >= 4 is 11.1 Å². The molecule has 0 radical (unpaired) electrons. The molecule has 0 N–H and O–H groups in total. The van der Waals surface area contributed by atoms with Crippen molar-refractivity contribution in [1.29, 1.82) is 21.0 Å². The van der Waals surface area contributed by atoms with Crippen LogP contribution in [-0.2, 0) is 6.18 Å². The molecule has 0 saturated heterocycles. The molecule has 0 amide bonds. The molecular weight excluding hydrogens is 585 g/mol. The van der Waals surface area contributed by atoms with Crippen LogP contribution in [0.4, 0.5) is 30.7 Å². The number of allylic oxidation sites excluding steroid dienone is 6. The van der Waals surface area contributed by atoms with Gasteiger partial charge in [-0.2, -0.15) is 34.2 Å². The number of rotatable bonds is 2. The second-order valence-electron chi connectivity index (χ2n) is 10.4. The first-order chi connectivity index (χ1) is 21.0. The maximum Gasteiger partial charge on any atom is 0.416 e. The normalized spacial score (nSPS) is 17.9. The van der Waals surface area contributed by atoms with Crippen LogP contribution in [0.2, 0.25) is 0 Å². The Morgan fingerprint density at radius 3 is 2.02 bits per heavy atom. The van der Waals surface area contributed by atoms with Crippen molar-refractivity contribution in [2.24, 2.45) is 5.92 Å². The van der Waals surface area contributed by atoms with Gasteiger partial charge in [0.05, 0.1) is 17.7 Å². The highest BCUT2D eigenvalue weighted by atomic mass is 19.4. The van der Waals surface area contributed by atoms with Gasteiger partial charge in [-0.25, -0.2) is 17.6 Å². The zero-order valence-electron chi connectivity index (χ0n) is 22.0. The predicted octanol–water partition coefficient (Wildman–Crippen LogP) is 8.37. The van der Waals surface area contributed by atoms with Crippen molar-refractivity contribution in [2.75, 3.05) is 0 Å². The Bertz CT molecular complexity index is 2060. The van der Waals surface area contributed by atoms with Crippen molar-refractivity contribution in [3.05, 3.63) is 116 Å². The molecule has 2 unspecified atom stereocenters. The lowest BCUT2D eigenvalue weighted by atomic mass is 9.77. The molecule has 0 saturated carbocycles. The monoisotopic (exact) mass is 598 g/mol. The maximum absolute atomic E-state index is 15.3. The molecule has 0 heterocycles. The fraction of sp³-hybridized carbons (Fsp3) is 0.152. The average molecular weight is 598 g/mol. The number of nitriles is 4. The Hall–Kier alpha value is -5.65. The maximum atomic E-state index is 15.3. The zero-order chi connectivity index (χ0) is 31.7. The molecule has 2 atom stereocenters. The van der Waals surface area contributed by atoms with Gasteiger partial charge in [-0.1, -0.05) is 35.9 Å². The molecule has 3 aliphatic rings. The van der Waals surface area contributed by atoms with Crippen LogP contribution in [0.15, 0.2) is 65.3 Å². The molecule has 6 rings (SSSR count). The first-order valence-corrected chi connectivity index (χ1v) is 12.9. The second-order valence-corrected chi connectivity index (χ2v) is 10.4. The Labute approximate surface area is 245 Å². The molecule has 214 valence electrons. The molecule has 11 heteroatoms. The molecule has 3 aromatic rings. The van der Waals surface area contributed by atoms with Gasteiger partial charge in [-0.3, -0.25) is 0 Å². The minimum absolute atomic E-state index is 0.106. The highest BCUT2D eigenvalue weighted by Crippen LogP contribution is 2.61. The molecule has 44 heavy (non-hydrogen) atoms. The lowest BCUT2D eigenvalue weighted by Gasteiger charge is -2.24. The standard InChI is InChI=1S/C33H13F7N4/c34-29-27-24-9-22-20(8-23(24)26(17(12-43)13-44)28(27)30(35)32(37)31(29)36)19-5-4-15(7-21(19)25(22)16(10-41)11-42)14-2-1-3-18(6-14)33(38,39)40/h1-8,17,24,26H,9H2. The number of halogens is 7. The van der Waals surface area contributed by atoms with Crippen LogP contribution in [0.5, 0.6) is 0 Å². The zero-order valence-corrected chi connectivity index (χ0v) is 22.0. The summed E-state index contributed by atoms with van der Waals surface area (Å²) in [6.07, 6.45) is -3.38. The van der Waals surface area contributed by atoms with E-state index in [1.807, 2.05) is 0 Å². The van der Waals surface area contributed by atoms with Crippen LogP contribution >= 0.6 is 0 Å². The minimum Gasteiger partial charge on any atom is -0.203 e. The van der Waals surface area contributed by atoms with Crippen LogP contribution in [0, 0.1) is 74.5 Å². The molecule has 3 aromatic carbocycles. The van der Waals surface area contributed by atoms with Gasteiger partial charge in [0.15, 0.2) is 23.3 Å². The summed E-state index contributed by atoms with van der Waals surface area (Å²) in [5, 5.41) is 39.0. The summed E-state index contributed by atoms with van der Waals surface area (Å²) >= 11 is 0. The molecule has 0 spiro atoms. The van der Waals surface area contributed by atoms with Gasteiger partial charge in [0.25, 0.3) is 0 Å². The van der Waals surface area contributed by atoms with E-state index in [1.165, 1.54) is 30.3 Å². The fourth-order valence-electron chi connectivity index (χ4n) is 6.48. The summed E-state index contributed by atoms with van der Waals surface area (Å²) in [4.78, 5) is 0. The van der Waals surface area contributed by atoms with Crippen LogP contribution in [-0.4, -0.2) is 0 Å². The van der Waals surface area contributed by atoms with E-state index in [0.29, 0.717) is 27.8 Å². The highest BCUT2D eigenvalue weighted by molar-refractivity contribution is 6.07. The van der Waals surface area contributed by atoms with Crippen molar-refractivity contribution in [2.45, 2.75) is 24.4 Å². The van der Waals surface area contributed by atoms with Crippen molar-refractivity contribution in [3.8, 4) is 35.4 Å². The largest absolute Gasteiger partial charge is 0.416 e. The third kappa shape index (κ3) is 3.94. The van der Waals surface area contributed by atoms with E-state index in [0.717, 1.165) is 12.1 Å². The lowest BCUT2D eigenvalue weighted by Crippen LogP contribution is -2.13. The number of nitrogens with zero attached hydrogens (tertiary/aromatic N) is 4. The average Bonchev–Trinajstić information content (AvgIpc) is 3.51. The van der Waals surface area contributed by atoms with Gasteiger partial charge in [0.2, 0.25) is 0 Å². The van der Waals surface area contributed by atoms with E-state index >= 15 is 8.78 Å². The molecule has 3 aliphatic carbocycles. The Balaban J connectivity index is 1.59. The number of fused-ring (bicyclic) bond motifs is 5.